The van der Waals surface area contributed by atoms with E-state index in [-0.39, 0.29) is 5.82 Å². The van der Waals surface area contributed by atoms with E-state index < -0.39 is 11.7 Å². The molecule has 1 N–H and O–H groups in total. The first-order valence-electron chi connectivity index (χ1n) is 6.36. The fourth-order valence-corrected chi connectivity index (χ4v) is 2.04. The lowest BCUT2D eigenvalue weighted by molar-refractivity contribution is -0.137. The zero-order valence-corrected chi connectivity index (χ0v) is 12.8. The maximum absolute atomic E-state index is 12.7. The van der Waals surface area contributed by atoms with E-state index in [9.17, 15) is 13.2 Å². The van der Waals surface area contributed by atoms with Crippen molar-refractivity contribution in [3.8, 4) is 11.4 Å². The first-order valence-corrected chi connectivity index (χ1v) is 7.15. The highest BCUT2D eigenvalue weighted by Gasteiger charge is 2.30. The van der Waals surface area contributed by atoms with E-state index in [1.807, 2.05) is 6.92 Å². The molecule has 0 radical (unpaired) electrons. The van der Waals surface area contributed by atoms with E-state index in [0.717, 1.165) is 25.1 Å². The number of hydrogen-bond donors (Lipinski definition) is 1. The van der Waals surface area contributed by atoms with Crippen LogP contribution in [0.1, 0.15) is 18.9 Å². The Bertz CT molecular complexity index is 629. The van der Waals surface area contributed by atoms with Crippen LogP contribution in [0.4, 0.5) is 19.0 Å². The average molecular weight is 360 g/mol. The van der Waals surface area contributed by atoms with Crippen LogP contribution in [0, 0.1) is 0 Å². The molecule has 1 aromatic heterocycles. The van der Waals surface area contributed by atoms with Gasteiger partial charge in [-0.1, -0.05) is 19.1 Å². The third-order valence-corrected chi connectivity index (χ3v) is 3.31. The highest BCUT2D eigenvalue weighted by Crippen LogP contribution is 2.32. The summed E-state index contributed by atoms with van der Waals surface area (Å²) in [6.45, 7) is 2.73. The molecular weight excluding hydrogens is 347 g/mol. The van der Waals surface area contributed by atoms with Crippen LogP contribution in [-0.4, -0.2) is 16.5 Å². The highest BCUT2D eigenvalue weighted by molar-refractivity contribution is 9.10. The SMILES string of the molecule is CCCNc1nc(-c2cccc(C(F)(F)F)c2)ncc1Br. The third-order valence-electron chi connectivity index (χ3n) is 2.73. The van der Waals surface area contributed by atoms with Gasteiger partial charge in [-0.2, -0.15) is 13.2 Å². The van der Waals surface area contributed by atoms with Gasteiger partial charge in [0.05, 0.1) is 10.0 Å². The van der Waals surface area contributed by atoms with Gasteiger partial charge in [0, 0.05) is 18.3 Å². The molecule has 7 heteroatoms. The lowest BCUT2D eigenvalue weighted by Crippen LogP contribution is -2.06. The largest absolute Gasteiger partial charge is 0.416 e. The Morgan fingerprint density at radius 2 is 2.05 bits per heavy atom. The Balaban J connectivity index is 2.38. The Morgan fingerprint density at radius 1 is 1.29 bits per heavy atom. The van der Waals surface area contributed by atoms with Crippen LogP contribution in [0.15, 0.2) is 34.9 Å². The third kappa shape index (κ3) is 3.93. The molecule has 0 amide bonds. The predicted molar refractivity (Wildman–Crippen MR) is 79.0 cm³/mol. The van der Waals surface area contributed by atoms with E-state index >= 15 is 0 Å². The number of rotatable bonds is 4. The molecule has 0 fully saturated rings. The minimum Gasteiger partial charge on any atom is -0.369 e. The average Bonchev–Trinajstić information content (AvgIpc) is 2.46. The Kier molecular flexibility index (Phi) is 4.82. The number of alkyl halides is 3. The molecule has 0 saturated carbocycles. The lowest BCUT2D eigenvalue weighted by Gasteiger charge is -2.10. The molecule has 0 spiro atoms. The van der Waals surface area contributed by atoms with Gasteiger partial charge in [-0.3, -0.25) is 0 Å². The maximum Gasteiger partial charge on any atom is 0.416 e. The summed E-state index contributed by atoms with van der Waals surface area (Å²) in [7, 11) is 0. The quantitative estimate of drug-likeness (QED) is 0.855. The second-order valence-electron chi connectivity index (χ2n) is 4.40. The number of nitrogens with one attached hydrogen (secondary N) is 1. The van der Waals surface area contributed by atoms with Crippen molar-refractivity contribution in [3.05, 3.63) is 40.5 Å². The van der Waals surface area contributed by atoms with Crippen molar-refractivity contribution in [3.63, 3.8) is 0 Å². The zero-order chi connectivity index (χ0) is 15.5. The van der Waals surface area contributed by atoms with Gasteiger partial charge in [0.25, 0.3) is 0 Å². The molecule has 0 saturated heterocycles. The van der Waals surface area contributed by atoms with E-state index in [1.165, 1.54) is 12.3 Å². The van der Waals surface area contributed by atoms with Crippen molar-refractivity contribution in [2.75, 3.05) is 11.9 Å². The minimum absolute atomic E-state index is 0.253. The van der Waals surface area contributed by atoms with E-state index in [0.29, 0.717) is 15.9 Å². The van der Waals surface area contributed by atoms with Gasteiger partial charge in [-0.15, -0.1) is 0 Å². The van der Waals surface area contributed by atoms with Gasteiger partial charge < -0.3 is 5.32 Å². The molecule has 0 unspecified atom stereocenters. The maximum atomic E-state index is 12.7. The molecule has 0 aliphatic rings. The molecule has 0 aliphatic carbocycles. The fourth-order valence-electron chi connectivity index (χ4n) is 1.71. The van der Waals surface area contributed by atoms with Gasteiger partial charge >= 0.3 is 6.18 Å². The van der Waals surface area contributed by atoms with Crippen molar-refractivity contribution in [1.82, 2.24) is 9.97 Å². The lowest BCUT2D eigenvalue weighted by atomic mass is 10.1. The number of nitrogens with zero attached hydrogens (tertiary/aromatic N) is 2. The van der Waals surface area contributed by atoms with Crippen LogP contribution in [-0.2, 0) is 6.18 Å². The summed E-state index contributed by atoms with van der Waals surface area (Å²) in [4.78, 5) is 8.34. The van der Waals surface area contributed by atoms with Crippen LogP contribution in [0.3, 0.4) is 0 Å². The van der Waals surface area contributed by atoms with Crippen molar-refractivity contribution in [2.45, 2.75) is 19.5 Å². The summed E-state index contributed by atoms with van der Waals surface area (Å²) in [5.74, 6) is 0.821. The van der Waals surface area contributed by atoms with Gasteiger partial charge in [0.2, 0.25) is 0 Å². The topological polar surface area (TPSA) is 37.8 Å². The minimum atomic E-state index is -4.38. The number of aromatic nitrogens is 2. The Labute approximate surface area is 128 Å². The second-order valence-corrected chi connectivity index (χ2v) is 5.25. The summed E-state index contributed by atoms with van der Waals surface area (Å²) in [5.41, 5.74) is -0.383. The molecule has 0 atom stereocenters. The zero-order valence-electron chi connectivity index (χ0n) is 11.2. The summed E-state index contributed by atoms with van der Waals surface area (Å²) in [6, 6.07) is 4.98. The number of hydrogen-bond acceptors (Lipinski definition) is 3. The summed E-state index contributed by atoms with van der Waals surface area (Å²) in [5, 5.41) is 3.10. The fraction of sp³-hybridized carbons (Fsp3) is 0.286. The monoisotopic (exact) mass is 359 g/mol. The van der Waals surface area contributed by atoms with Crippen LogP contribution in [0.25, 0.3) is 11.4 Å². The van der Waals surface area contributed by atoms with Gasteiger partial charge in [0.15, 0.2) is 5.82 Å². The molecule has 1 heterocycles. The molecular formula is C14H13BrF3N3. The van der Waals surface area contributed by atoms with Gasteiger partial charge in [0.1, 0.15) is 5.82 Å². The molecule has 3 nitrogen and oxygen atoms in total. The highest BCUT2D eigenvalue weighted by atomic mass is 79.9. The molecule has 21 heavy (non-hydrogen) atoms. The van der Waals surface area contributed by atoms with E-state index in [1.54, 1.807) is 6.07 Å². The van der Waals surface area contributed by atoms with Crippen molar-refractivity contribution in [1.29, 1.82) is 0 Å². The van der Waals surface area contributed by atoms with Gasteiger partial charge in [-0.25, -0.2) is 9.97 Å². The second kappa shape index (κ2) is 6.43. The molecule has 0 bridgehead atoms. The first kappa shape index (κ1) is 15.8. The number of anilines is 1. The van der Waals surface area contributed by atoms with Crippen molar-refractivity contribution >= 4 is 21.7 Å². The smallest absolute Gasteiger partial charge is 0.369 e. The van der Waals surface area contributed by atoms with E-state index in [2.05, 4.69) is 31.2 Å². The van der Waals surface area contributed by atoms with Crippen molar-refractivity contribution < 1.29 is 13.2 Å². The number of halogens is 4. The van der Waals surface area contributed by atoms with E-state index in [4.69, 9.17) is 0 Å². The Morgan fingerprint density at radius 3 is 2.71 bits per heavy atom. The van der Waals surface area contributed by atoms with Gasteiger partial charge in [-0.05, 0) is 34.5 Å². The molecule has 2 rings (SSSR count). The molecule has 1 aromatic carbocycles. The van der Waals surface area contributed by atoms with Crippen LogP contribution >= 0.6 is 15.9 Å². The summed E-state index contributed by atoms with van der Waals surface area (Å²) in [6.07, 6.45) is -1.94. The summed E-state index contributed by atoms with van der Waals surface area (Å²) >= 11 is 3.31. The molecule has 112 valence electrons. The predicted octanol–water partition coefficient (Wildman–Crippen LogP) is 4.75. The van der Waals surface area contributed by atoms with Crippen LogP contribution in [0.5, 0.6) is 0 Å². The molecule has 0 aliphatic heterocycles. The summed E-state index contributed by atoms with van der Waals surface area (Å²) < 4.78 is 38.9. The van der Waals surface area contributed by atoms with Crippen molar-refractivity contribution in [2.24, 2.45) is 0 Å². The normalized spacial score (nSPS) is 11.5. The van der Waals surface area contributed by atoms with Crippen LogP contribution in [0.2, 0.25) is 0 Å². The Hall–Kier alpha value is -1.63. The number of benzene rings is 1. The standard InChI is InChI=1S/C14H13BrF3N3/c1-2-6-19-13-11(15)8-20-12(21-13)9-4-3-5-10(7-9)14(16,17)18/h3-5,7-8H,2,6H2,1H3,(H,19,20,21). The van der Waals surface area contributed by atoms with Crippen LogP contribution < -0.4 is 5.32 Å². The first-order chi connectivity index (χ1) is 9.91. The molecule has 2 aromatic rings.